The third-order valence-electron chi connectivity index (χ3n) is 2.31. The lowest BCUT2D eigenvalue weighted by atomic mass is 10.4. The maximum atomic E-state index is 11.5. The minimum atomic E-state index is -0.175. The molecule has 0 saturated carbocycles. The summed E-state index contributed by atoms with van der Waals surface area (Å²) in [6, 6.07) is 3.35. The molecule has 1 saturated heterocycles. The molecule has 15 heavy (non-hydrogen) atoms. The van der Waals surface area contributed by atoms with Crippen LogP contribution in [0, 0.1) is 0 Å². The molecule has 0 radical (unpaired) electrons. The molecule has 1 N–H and O–H groups in total. The van der Waals surface area contributed by atoms with E-state index in [9.17, 15) is 4.79 Å². The van der Waals surface area contributed by atoms with Gasteiger partial charge in [0.1, 0.15) is 0 Å². The molecule has 5 heteroatoms. The molecule has 1 aromatic heterocycles. The van der Waals surface area contributed by atoms with Crippen molar-refractivity contribution in [1.82, 2.24) is 10.2 Å². The van der Waals surface area contributed by atoms with Crippen LogP contribution in [0.2, 0.25) is 0 Å². The largest absolute Gasteiger partial charge is 0.459 e. The second-order valence-electron chi connectivity index (χ2n) is 3.37. The molecule has 0 bridgehead atoms. The van der Waals surface area contributed by atoms with Gasteiger partial charge in [-0.3, -0.25) is 9.69 Å². The van der Waals surface area contributed by atoms with E-state index in [0.717, 1.165) is 26.3 Å². The Balaban J connectivity index is 1.75. The fourth-order valence-electron chi connectivity index (χ4n) is 1.44. The highest BCUT2D eigenvalue weighted by Crippen LogP contribution is 2.00. The van der Waals surface area contributed by atoms with Gasteiger partial charge in [-0.1, -0.05) is 0 Å². The summed E-state index contributed by atoms with van der Waals surface area (Å²) in [5, 5.41) is 2.79. The van der Waals surface area contributed by atoms with Gasteiger partial charge < -0.3 is 14.5 Å². The summed E-state index contributed by atoms with van der Waals surface area (Å²) < 4.78 is 10.2. The SMILES string of the molecule is O=C(NCN1CCOCC1)c1ccco1. The molecule has 0 aromatic carbocycles. The van der Waals surface area contributed by atoms with Crippen molar-refractivity contribution in [3.8, 4) is 0 Å². The Labute approximate surface area is 88.0 Å². The van der Waals surface area contributed by atoms with Crippen molar-refractivity contribution in [2.45, 2.75) is 0 Å². The van der Waals surface area contributed by atoms with Gasteiger partial charge in [-0.2, -0.15) is 0 Å². The summed E-state index contributed by atoms with van der Waals surface area (Å²) in [4.78, 5) is 13.6. The van der Waals surface area contributed by atoms with Crippen LogP contribution in [0.4, 0.5) is 0 Å². The van der Waals surface area contributed by atoms with Crippen LogP contribution in [0.15, 0.2) is 22.8 Å². The number of hydrogen-bond donors (Lipinski definition) is 1. The Kier molecular flexibility index (Phi) is 3.37. The molecule has 0 spiro atoms. The predicted octanol–water partition coefficient (Wildman–Crippen LogP) is 0.299. The average Bonchev–Trinajstić information content (AvgIpc) is 2.81. The third kappa shape index (κ3) is 2.81. The first-order chi connectivity index (χ1) is 7.36. The van der Waals surface area contributed by atoms with Gasteiger partial charge in [0.2, 0.25) is 0 Å². The van der Waals surface area contributed by atoms with Gasteiger partial charge in [0.05, 0.1) is 26.1 Å². The molecule has 5 nitrogen and oxygen atoms in total. The van der Waals surface area contributed by atoms with Gasteiger partial charge in [0.15, 0.2) is 5.76 Å². The van der Waals surface area contributed by atoms with E-state index in [2.05, 4.69) is 10.2 Å². The zero-order chi connectivity index (χ0) is 10.5. The van der Waals surface area contributed by atoms with E-state index in [1.807, 2.05) is 0 Å². The molecule has 0 aliphatic carbocycles. The van der Waals surface area contributed by atoms with Gasteiger partial charge in [0, 0.05) is 13.1 Å². The minimum absolute atomic E-state index is 0.175. The molecule has 0 unspecified atom stereocenters. The first-order valence-corrected chi connectivity index (χ1v) is 4.98. The second kappa shape index (κ2) is 4.95. The van der Waals surface area contributed by atoms with E-state index >= 15 is 0 Å². The lowest BCUT2D eigenvalue weighted by molar-refractivity contribution is 0.0332. The van der Waals surface area contributed by atoms with E-state index in [1.54, 1.807) is 12.1 Å². The number of morpholine rings is 1. The second-order valence-corrected chi connectivity index (χ2v) is 3.37. The molecule has 1 aromatic rings. The van der Waals surface area contributed by atoms with Gasteiger partial charge in [-0.15, -0.1) is 0 Å². The van der Waals surface area contributed by atoms with E-state index in [0.29, 0.717) is 12.4 Å². The lowest BCUT2D eigenvalue weighted by Gasteiger charge is -2.26. The predicted molar refractivity (Wildman–Crippen MR) is 53.4 cm³/mol. The molecule has 1 aliphatic heterocycles. The molecule has 1 amide bonds. The van der Waals surface area contributed by atoms with Crippen molar-refractivity contribution in [3.05, 3.63) is 24.2 Å². The van der Waals surface area contributed by atoms with Gasteiger partial charge in [0.25, 0.3) is 5.91 Å². The molecule has 1 aliphatic rings. The van der Waals surface area contributed by atoms with Crippen LogP contribution in [0.5, 0.6) is 0 Å². The van der Waals surface area contributed by atoms with Crippen LogP contribution < -0.4 is 5.32 Å². The zero-order valence-corrected chi connectivity index (χ0v) is 8.44. The fourth-order valence-corrected chi connectivity index (χ4v) is 1.44. The molecule has 1 fully saturated rings. The molecular formula is C10H14N2O3. The summed E-state index contributed by atoms with van der Waals surface area (Å²) in [7, 11) is 0. The van der Waals surface area contributed by atoms with Crippen LogP contribution in [0.3, 0.4) is 0 Å². The minimum Gasteiger partial charge on any atom is -0.459 e. The monoisotopic (exact) mass is 210 g/mol. The summed E-state index contributed by atoms with van der Waals surface area (Å²) in [5.74, 6) is 0.176. The average molecular weight is 210 g/mol. The number of ether oxygens (including phenoxy) is 1. The highest BCUT2D eigenvalue weighted by atomic mass is 16.5. The highest BCUT2D eigenvalue weighted by molar-refractivity contribution is 5.91. The molecule has 2 heterocycles. The maximum absolute atomic E-state index is 11.5. The first-order valence-electron chi connectivity index (χ1n) is 4.98. The molecule has 82 valence electrons. The Bertz CT molecular complexity index is 304. The smallest absolute Gasteiger partial charge is 0.287 e. The number of carbonyl (C=O) groups excluding carboxylic acids is 1. The van der Waals surface area contributed by atoms with Crippen LogP contribution in [-0.4, -0.2) is 43.8 Å². The van der Waals surface area contributed by atoms with E-state index in [-0.39, 0.29) is 5.91 Å². The number of hydrogen-bond acceptors (Lipinski definition) is 4. The van der Waals surface area contributed by atoms with E-state index < -0.39 is 0 Å². The Morgan fingerprint density at radius 1 is 1.47 bits per heavy atom. The van der Waals surface area contributed by atoms with Crippen LogP contribution in [0.1, 0.15) is 10.6 Å². The quantitative estimate of drug-likeness (QED) is 0.779. The molecule has 2 rings (SSSR count). The maximum Gasteiger partial charge on any atom is 0.287 e. The molecular weight excluding hydrogens is 196 g/mol. The number of carbonyl (C=O) groups is 1. The highest BCUT2D eigenvalue weighted by Gasteiger charge is 2.12. The van der Waals surface area contributed by atoms with Gasteiger partial charge >= 0.3 is 0 Å². The van der Waals surface area contributed by atoms with Crippen LogP contribution >= 0.6 is 0 Å². The van der Waals surface area contributed by atoms with Crippen molar-refractivity contribution in [1.29, 1.82) is 0 Å². The number of amides is 1. The number of rotatable bonds is 3. The Morgan fingerprint density at radius 3 is 2.93 bits per heavy atom. The summed E-state index contributed by atoms with van der Waals surface area (Å²) in [6.45, 7) is 3.73. The Morgan fingerprint density at radius 2 is 2.27 bits per heavy atom. The standard InChI is InChI=1S/C10H14N2O3/c13-10(9-2-1-5-15-9)11-8-12-3-6-14-7-4-12/h1-2,5H,3-4,6-8H2,(H,11,13). The number of furan rings is 1. The van der Waals surface area contributed by atoms with Crippen molar-refractivity contribution < 1.29 is 13.9 Å². The Hall–Kier alpha value is -1.33. The third-order valence-corrected chi connectivity index (χ3v) is 2.31. The van der Waals surface area contributed by atoms with Crippen LogP contribution in [-0.2, 0) is 4.74 Å². The van der Waals surface area contributed by atoms with Gasteiger partial charge in [-0.25, -0.2) is 0 Å². The topological polar surface area (TPSA) is 54.7 Å². The van der Waals surface area contributed by atoms with Crippen LogP contribution in [0.25, 0.3) is 0 Å². The summed E-state index contributed by atoms with van der Waals surface area (Å²) >= 11 is 0. The van der Waals surface area contributed by atoms with E-state index in [4.69, 9.17) is 9.15 Å². The first kappa shape index (κ1) is 10.2. The van der Waals surface area contributed by atoms with Crippen molar-refractivity contribution in [3.63, 3.8) is 0 Å². The zero-order valence-electron chi connectivity index (χ0n) is 8.44. The summed E-state index contributed by atoms with van der Waals surface area (Å²) in [6.07, 6.45) is 1.49. The van der Waals surface area contributed by atoms with Crippen molar-refractivity contribution in [2.75, 3.05) is 33.0 Å². The lowest BCUT2D eigenvalue weighted by Crippen LogP contribution is -2.43. The van der Waals surface area contributed by atoms with Crippen molar-refractivity contribution >= 4 is 5.91 Å². The van der Waals surface area contributed by atoms with Gasteiger partial charge in [-0.05, 0) is 12.1 Å². The normalized spacial score (nSPS) is 17.6. The molecule has 0 atom stereocenters. The summed E-state index contributed by atoms with van der Waals surface area (Å²) in [5.41, 5.74) is 0. The number of nitrogens with one attached hydrogen (secondary N) is 1. The van der Waals surface area contributed by atoms with Crippen molar-refractivity contribution in [2.24, 2.45) is 0 Å². The van der Waals surface area contributed by atoms with E-state index in [1.165, 1.54) is 6.26 Å². The number of nitrogens with zero attached hydrogens (tertiary/aromatic N) is 1. The fraction of sp³-hybridized carbons (Fsp3) is 0.500.